The second-order valence-corrected chi connectivity index (χ2v) is 12.0. The normalized spacial score (nSPS) is 13.1. The summed E-state index contributed by atoms with van der Waals surface area (Å²) in [5.41, 5.74) is 3.87. The lowest BCUT2D eigenvalue weighted by Gasteiger charge is -2.28. The Kier molecular flexibility index (Phi) is 9.31. The number of para-hydroxylation sites is 1. The van der Waals surface area contributed by atoms with Gasteiger partial charge in [-0.1, -0.05) is 12.1 Å². The van der Waals surface area contributed by atoms with Gasteiger partial charge >= 0.3 is 0 Å². The lowest BCUT2D eigenvalue weighted by atomic mass is 10.1. The first kappa shape index (κ1) is 30.0. The number of anilines is 1. The van der Waals surface area contributed by atoms with Gasteiger partial charge in [0.15, 0.2) is 11.6 Å². The number of aromatic nitrogens is 6. The van der Waals surface area contributed by atoms with Gasteiger partial charge in [-0.2, -0.15) is 0 Å². The quantitative estimate of drug-likeness (QED) is 0.228. The summed E-state index contributed by atoms with van der Waals surface area (Å²) in [6, 6.07) is 7.48. The predicted molar refractivity (Wildman–Crippen MR) is 155 cm³/mol. The Morgan fingerprint density at radius 3 is 2.37 bits per heavy atom. The molecular weight excluding hydrogens is 546 g/mol. The van der Waals surface area contributed by atoms with E-state index in [2.05, 4.69) is 25.1 Å². The van der Waals surface area contributed by atoms with E-state index in [9.17, 15) is 8.42 Å². The number of rotatable bonds is 12. The van der Waals surface area contributed by atoms with Crippen molar-refractivity contribution in [2.45, 2.75) is 39.0 Å². The molecule has 0 amide bonds. The maximum absolute atomic E-state index is 14.2. The predicted octanol–water partition coefficient (Wildman–Crippen LogP) is 3.61. The molecule has 13 heteroatoms. The van der Waals surface area contributed by atoms with Crippen LogP contribution in [0.4, 0.5) is 5.95 Å². The van der Waals surface area contributed by atoms with Gasteiger partial charge < -0.3 is 14.2 Å². The molecule has 4 rings (SSSR count). The Morgan fingerprint density at radius 2 is 1.71 bits per heavy atom. The molecule has 12 nitrogen and oxygen atoms in total. The fourth-order valence-corrected chi connectivity index (χ4v) is 5.74. The van der Waals surface area contributed by atoms with Crippen LogP contribution in [0.3, 0.4) is 0 Å². The SMILES string of the molecule is COCCO[C@H](c1ncc(C)cn1)[C@H](C)S(=O)(=O)N(C)c1nnc(-c2cncc(C)c2)n1-c1c(C)cccc1OC. The maximum atomic E-state index is 14.2. The standard InChI is InChI=1S/C28H35N7O5S/c1-18-13-22(17-29-14-18)27-32-33-28(35(27)24-20(3)9-8-10-23(24)39-7)34(5)41(36,37)21(4)25(40-12-11-38-6)26-30-15-19(2)16-31-26/h8-10,13-17,21,25H,11-12H2,1-7H3/t21-,25-/m0/s1. The molecule has 3 heterocycles. The van der Waals surface area contributed by atoms with Crippen molar-refractivity contribution < 1.29 is 22.6 Å². The van der Waals surface area contributed by atoms with Crippen LogP contribution in [0.5, 0.6) is 5.75 Å². The number of hydrogen-bond acceptors (Lipinski definition) is 10. The summed E-state index contributed by atoms with van der Waals surface area (Å²) in [6.45, 7) is 7.68. The molecule has 0 aliphatic rings. The second-order valence-electron chi connectivity index (χ2n) is 9.66. The Labute approximate surface area is 240 Å². The van der Waals surface area contributed by atoms with E-state index in [4.69, 9.17) is 14.2 Å². The zero-order valence-electron chi connectivity index (χ0n) is 24.3. The van der Waals surface area contributed by atoms with Gasteiger partial charge in [0.2, 0.25) is 16.0 Å². The highest BCUT2D eigenvalue weighted by Crippen LogP contribution is 2.36. The van der Waals surface area contributed by atoms with Gasteiger partial charge in [-0.3, -0.25) is 9.55 Å². The van der Waals surface area contributed by atoms with Crippen molar-refractivity contribution in [3.8, 4) is 22.8 Å². The summed E-state index contributed by atoms with van der Waals surface area (Å²) >= 11 is 0. The number of ether oxygens (including phenoxy) is 3. The molecule has 2 atom stereocenters. The molecule has 0 saturated heterocycles. The Morgan fingerprint density at radius 1 is 0.976 bits per heavy atom. The first-order valence-corrected chi connectivity index (χ1v) is 14.5. The van der Waals surface area contributed by atoms with Crippen LogP contribution in [-0.4, -0.2) is 77.9 Å². The van der Waals surface area contributed by atoms with Crippen LogP contribution in [0.2, 0.25) is 0 Å². The van der Waals surface area contributed by atoms with E-state index >= 15 is 0 Å². The zero-order valence-corrected chi connectivity index (χ0v) is 25.1. The molecular formula is C28H35N7O5S. The summed E-state index contributed by atoms with van der Waals surface area (Å²) in [6.07, 6.45) is 5.67. The average molecular weight is 582 g/mol. The second kappa shape index (κ2) is 12.7. The Bertz CT molecular complexity index is 1590. The molecule has 3 aromatic heterocycles. The summed E-state index contributed by atoms with van der Waals surface area (Å²) in [4.78, 5) is 13.0. The highest BCUT2D eigenvalue weighted by atomic mass is 32.2. The third-order valence-corrected chi connectivity index (χ3v) is 8.74. The van der Waals surface area contributed by atoms with Crippen LogP contribution >= 0.6 is 0 Å². The average Bonchev–Trinajstić information content (AvgIpc) is 3.39. The highest BCUT2D eigenvalue weighted by Gasteiger charge is 2.39. The molecule has 1 aromatic carbocycles. The minimum Gasteiger partial charge on any atom is -0.495 e. The molecule has 0 spiro atoms. The van der Waals surface area contributed by atoms with Crippen molar-refractivity contribution in [2.24, 2.45) is 0 Å². The van der Waals surface area contributed by atoms with Crippen molar-refractivity contribution >= 4 is 16.0 Å². The first-order valence-electron chi connectivity index (χ1n) is 13.0. The highest BCUT2D eigenvalue weighted by molar-refractivity contribution is 7.93. The van der Waals surface area contributed by atoms with Gasteiger partial charge in [0, 0.05) is 44.5 Å². The minimum atomic E-state index is -4.12. The number of sulfonamides is 1. The van der Waals surface area contributed by atoms with Crippen LogP contribution < -0.4 is 9.04 Å². The van der Waals surface area contributed by atoms with Gasteiger partial charge in [-0.15, -0.1) is 10.2 Å². The van der Waals surface area contributed by atoms with Crippen LogP contribution in [0.1, 0.15) is 35.5 Å². The van der Waals surface area contributed by atoms with E-state index in [0.717, 1.165) is 21.0 Å². The summed E-state index contributed by atoms with van der Waals surface area (Å²) in [5.74, 6) is 1.26. The van der Waals surface area contributed by atoms with Crippen LogP contribution in [0, 0.1) is 20.8 Å². The summed E-state index contributed by atoms with van der Waals surface area (Å²) in [7, 11) is 0.425. The van der Waals surface area contributed by atoms with Crippen molar-refractivity contribution in [2.75, 3.05) is 38.8 Å². The number of aryl methyl sites for hydroxylation is 3. The summed E-state index contributed by atoms with van der Waals surface area (Å²) < 4.78 is 48.0. The maximum Gasteiger partial charge on any atom is 0.245 e. The number of nitrogens with zero attached hydrogens (tertiary/aromatic N) is 7. The van der Waals surface area contributed by atoms with Crippen LogP contribution in [0.15, 0.2) is 49.1 Å². The molecule has 4 aromatic rings. The molecule has 0 radical (unpaired) electrons. The van der Waals surface area contributed by atoms with E-state index in [1.54, 1.807) is 56.6 Å². The van der Waals surface area contributed by atoms with Crippen molar-refractivity contribution in [3.63, 3.8) is 0 Å². The molecule has 0 fully saturated rings. The van der Waals surface area contributed by atoms with E-state index in [-0.39, 0.29) is 25.0 Å². The third-order valence-electron chi connectivity index (χ3n) is 6.62. The third kappa shape index (κ3) is 6.21. The van der Waals surface area contributed by atoms with Crippen molar-refractivity contribution in [1.29, 1.82) is 0 Å². The number of methoxy groups -OCH3 is 2. The molecule has 41 heavy (non-hydrogen) atoms. The Hall–Kier alpha value is -3.94. The molecule has 0 saturated carbocycles. The molecule has 0 N–H and O–H groups in total. The fraction of sp³-hybridized carbons (Fsp3) is 0.393. The number of benzene rings is 1. The monoisotopic (exact) mass is 581 g/mol. The van der Waals surface area contributed by atoms with E-state index < -0.39 is 21.4 Å². The lowest BCUT2D eigenvalue weighted by molar-refractivity contribution is 0.0118. The number of hydrogen-bond donors (Lipinski definition) is 0. The van der Waals surface area contributed by atoms with E-state index in [0.29, 0.717) is 22.8 Å². The molecule has 0 unspecified atom stereocenters. The topological polar surface area (TPSA) is 134 Å². The minimum absolute atomic E-state index is 0.0708. The molecule has 0 aliphatic heterocycles. The van der Waals surface area contributed by atoms with Gasteiger partial charge in [0.25, 0.3) is 0 Å². The zero-order chi connectivity index (χ0) is 29.7. The van der Waals surface area contributed by atoms with Gasteiger partial charge in [-0.25, -0.2) is 22.7 Å². The van der Waals surface area contributed by atoms with Crippen LogP contribution in [0.25, 0.3) is 17.1 Å². The van der Waals surface area contributed by atoms with Crippen molar-refractivity contribution in [1.82, 2.24) is 29.7 Å². The fourth-order valence-electron chi connectivity index (χ4n) is 4.38. The smallest absolute Gasteiger partial charge is 0.245 e. The number of pyridine rings is 1. The molecule has 0 bridgehead atoms. The van der Waals surface area contributed by atoms with Gasteiger partial charge in [0.1, 0.15) is 17.1 Å². The summed E-state index contributed by atoms with van der Waals surface area (Å²) in [5, 5.41) is 7.70. The van der Waals surface area contributed by atoms with Gasteiger partial charge in [0.05, 0.1) is 26.0 Å². The Balaban J connectivity index is 1.85. The first-order chi connectivity index (χ1) is 19.6. The molecule has 218 valence electrons. The lowest BCUT2D eigenvalue weighted by Crippen LogP contribution is -2.40. The largest absolute Gasteiger partial charge is 0.495 e. The molecule has 0 aliphatic carbocycles. The van der Waals surface area contributed by atoms with E-state index in [1.807, 2.05) is 39.0 Å². The van der Waals surface area contributed by atoms with E-state index in [1.165, 1.54) is 7.05 Å². The van der Waals surface area contributed by atoms with Crippen LogP contribution in [-0.2, 0) is 19.5 Å². The van der Waals surface area contributed by atoms with Gasteiger partial charge in [-0.05, 0) is 56.5 Å². The van der Waals surface area contributed by atoms with Crippen molar-refractivity contribution in [3.05, 3.63) is 71.6 Å².